The third kappa shape index (κ3) is 4.64. The van der Waals surface area contributed by atoms with Crippen LogP contribution in [-0.2, 0) is 4.79 Å². The lowest BCUT2D eigenvalue weighted by Gasteiger charge is -2.25. The molecule has 1 heterocycles. The number of rotatable bonds is 7. The number of hydrogen-bond acceptors (Lipinski definition) is 6. The number of anilines is 2. The van der Waals surface area contributed by atoms with Crippen molar-refractivity contribution in [2.75, 3.05) is 10.8 Å². The van der Waals surface area contributed by atoms with E-state index in [-0.39, 0.29) is 17.6 Å². The maximum absolute atomic E-state index is 12.5. The standard InChI is InChI=1S/C19H20N4O2S/c1-14(2)18-20-21-19(25-18)26-13-17(24)22-23(15-9-5-3-6-10-15)16-11-7-4-8-12-16/h3-12,14H,13H2,1-2H3,(H,22,24). The topological polar surface area (TPSA) is 71.3 Å². The Kier molecular flexibility index (Phi) is 5.91. The zero-order valence-electron chi connectivity index (χ0n) is 14.6. The summed E-state index contributed by atoms with van der Waals surface area (Å²) in [5, 5.41) is 10.1. The number of carbonyl (C=O) groups is 1. The van der Waals surface area contributed by atoms with Crippen LogP contribution in [0.2, 0.25) is 0 Å². The lowest BCUT2D eigenvalue weighted by molar-refractivity contribution is -0.118. The Labute approximate surface area is 156 Å². The van der Waals surface area contributed by atoms with Crippen LogP contribution in [-0.4, -0.2) is 21.9 Å². The average Bonchev–Trinajstić information content (AvgIpc) is 3.15. The number of aromatic nitrogens is 2. The molecule has 0 fully saturated rings. The predicted octanol–water partition coefficient (Wildman–Crippen LogP) is 4.15. The van der Waals surface area contributed by atoms with Gasteiger partial charge in [-0.15, -0.1) is 10.2 Å². The number of nitrogens with zero attached hydrogens (tertiary/aromatic N) is 3. The molecular weight excluding hydrogens is 348 g/mol. The van der Waals surface area contributed by atoms with Crippen molar-refractivity contribution in [3.63, 3.8) is 0 Å². The van der Waals surface area contributed by atoms with E-state index < -0.39 is 0 Å². The Morgan fingerprint density at radius 2 is 1.62 bits per heavy atom. The van der Waals surface area contributed by atoms with Gasteiger partial charge in [0.2, 0.25) is 11.8 Å². The second-order valence-corrected chi connectivity index (χ2v) is 6.82. The number of hydrazine groups is 1. The Morgan fingerprint density at radius 3 is 2.12 bits per heavy atom. The zero-order chi connectivity index (χ0) is 18.4. The summed E-state index contributed by atoms with van der Waals surface area (Å²) >= 11 is 1.22. The minimum atomic E-state index is -0.160. The number of benzene rings is 2. The lowest BCUT2D eigenvalue weighted by Crippen LogP contribution is -2.39. The van der Waals surface area contributed by atoms with Crippen molar-refractivity contribution in [3.8, 4) is 0 Å². The molecule has 6 nitrogen and oxygen atoms in total. The fourth-order valence-corrected chi connectivity index (χ4v) is 2.79. The van der Waals surface area contributed by atoms with Crippen LogP contribution in [0.4, 0.5) is 11.4 Å². The summed E-state index contributed by atoms with van der Waals surface area (Å²) in [5.74, 6) is 0.753. The van der Waals surface area contributed by atoms with Gasteiger partial charge in [-0.25, -0.2) is 0 Å². The van der Waals surface area contributed by atoms with Crippen LogP contribution in [0.3, 0.4) is 0 Å². The molecule has 1 aromatic heterocycles. The molecule has 0 bridgehead atoms. The number of para-hydroxylation sites is 2. The Balaban J connectivity index is 1.67. The molecule has 2 aromatic carbocycles. The van der Waals surface area contributed by atoms with Crippen molar-refractivity contribution in [2.24, 2.45) is 0 Å². The van der Waals surface area contributed by atoms with E-state index in [2.05, 4.69) is 15.6 Å². The quantitative estimate of drug-likeness (QED) is 0.499. The lowest BCUT2D eigenvalue weighted by atomic mass is 10.2. The van der Waals surface area contributed by atoms with E-state index in [1.165, 1.54) is 11.8 Å². The van der Waals surface area contributed by atoms with E-state index in [1.807, 2.05) is 74.5 Å². The third-order valence-corrected chi connectivity index (χ3v) is 4.33. The Morgan fingerprint density at radius 1 is 1.04 bits per heavy atom. The van der Waals surface area contributed by atoms with Gasteiger partial charge in [-0.05, 0) is 24.3 Å². The zero-order valence-corrected chi connectivity index (χ0v) is 15.4. The van der Waals surface area contributed by atoms with Crippen molar-refractivity contribution in [2.45, 2.75) is 25.0 Å². The maximum atomic E-state index is 12.5. The molecule has 26 heavy (non-hydrogen) atoms. The van der Waals surface area contributed by atoms with Crippen molar-refractivity contribution in [1.29, 1.82) is 0 Å². The Hall–Kier alpha value is -2.80. The van der Waals surface area contributed by atoms with E-state index in [4.69, 9.17) is 4.42 Å². The highest BCUT2D eigenvalue weighted by Gasteiger charge is 2.15. The van der Waals surface area contributed by atoms with Crippen LogP contribution in [0.5, 0.6) is 0 Å². The van der Waals surface area contributed by atoms with Gasteiger partial charge in [-0.3, -0.25) is 15.2 Å². The highest BCUT2D eigenvalue weighted by atomic mass is 32.2. The molecule has 1 amide bonds. The van der Waals surface area contributed by atoms with Crippen molar-refractivity contribution < 1.29 is 9.21 Å². The molecule has 0 atom stereocenters. The van der Waals surface area contributed by atoms with Gasteiger partial charge in [0.1, 0.15) is 0 Å². The Bertz CT molecular complexity index is 798. The average molecular weight is 368 g/mol. The highest BCUT2D eigenvalue weighted by Crippen LogP contribution is 2.23. The van der Waals surface area contributed by atoms with Crippen LogP contribution in [0.1, 0.15) is 25.7 Å². The van der Waals surface area contributed by atoms with Crippen molar-refractivity contribution in [1.82, 2.24) is 15.6 Å². The van der Waals surface area contributed by atoms with Crippen LogP contribution >= 0.6 is 11.8 Å². The summed E-state index contributed by atoms with van der Waals surface area (Å²) in [5.41, 5.74) is 4.68. The van der Waals surface area contributed by atoms with E-state index in [1.54, 1.807) is 5.01 Å². The monoisotopic (exact) mass is 368 g/mol. The van der Waals surface area contributed by atoms with Crippen LogP contribution in [0, 0.1) is 0 Å². The second-order valence-electron chi connectivity index (χ2n) is 5.89. The minimum Gasteiger partial charge on any atom is -0.416 e. The van der Waals surface area contributed by atoms with Crippen LogP contribution in [0.25, 0.3) is 0 Å². The molecule has 0 saturated heterocycles. The second kappa shape index (κ2) is 8.53. The van der Waals surface area contributed by atoms with Gasteiger partial charge < -0.3 is 4.42 Å². The molecule has 0 saturated carbocycles. The van der Waals surface area contributed by atoms with Gasteiger partial charge in [0, 0.05) is 5.92 Å². The smallest absolute Gasteiger partial charge is 0.277 e. The van der Waals surface area contributed by atoms with Gasteiger partial charge in [-0.1, -0.05) is 62.0 Å². The molecule has 0 aliphatic heterocycles. The molecular formula is C19H20N4O2S. The SMILES string of the molecule is CC(C)c1nnc(SCC(=O)NN(c2ccccc2)c2ccccc2)o1. The molecule has 0 unspecified atom stereocenters. The summed E-state index contributed by atoms with van der Waals surface area (Å²) in [6, 6.07) is 19.3. The first-order valence-electron chi connectivity index (χ1n) is 8.29. The molecule has 1 N–H and O–H groups in total. The van der Waals surface area contributed by atoms with Gasteiger partial charge >= 0.3 is 0 Å². The number of carbonyl (C=O) groups excluding carboxylic acids is 1. The molecule has 7 heteroatoms. The van der Waals surface area contributed by atoms with Crippen molar-refractivity contribution in [3.05, 3.63) is 66.6 Å². The molecule has 3 aromatic rings. The number of hydrogen-bond donors (Lipinski definition) is 1. The first-order chi connectivity index (χ1) is 12.6. The fraction of sp³-hybridized carbons (Fsp3) is 0.211. The largest absolute Gasteiger partial charge is 0.416 e. The fourth-order valence-electron chi connectivity index (χ4n) is 2.23. The van der Waals surface area contributed by atoms with Gasteiger partial charge in [-0.2, -0.15) is 0 Å². The molecule has 0 aliphatic rings. The normalized spacial score (nSPS) is 10.7. The minimum absolute atomic E-state index is 0.160. The molecule has 0 radical (unpaired) electrons. The number of thioether (sulfide) groups is 1. The maximum Gasteiger partial charge on any atom is 0.277 e. The predicted molar refractivity (Wildman–Crippen MR) is 102 cm³/mol. The van der Waals surface area contributed by atoms with Gasteiger partial charge in [0.25, 0.3) is 5.22 Å². The number of amides is 1. The van der Waals surface area contributed by atoms with Crippen LogP contribution in [0.15, 0.2) is 70.3 Å². The summed E-state index contributed by atoms with van der Waals surface area (Å²) < 4.78 is 5.52. The van der Waals surface area contributed by atoms with E-state index in [9.17, 15) is 4.79 Å². The molecule has 0 aliphatic carbocycles. The van der Waals surface area contributed by atoms with Crippen LogP contribution < -0.4 is 10.4 Å². The van der Waals surface area contributed by atoms with Gasteiger partial charge in [0.15, 0.2) is 0 Å². The van der Waals surface area contributed by atoms with E-state index in [0.717, 1.165) is 11.4 Å². The first kappa shape index (κ1) is 18.0. The molecule has 0 spiro atoms. The van der Waals surface area contributed by atoms with Gasteiger partial charge in [0.05, 0.1) is 17.1 Å². The molecule has 134 valence electrons. The van der Waals surface area contributed by atoms with Crippen molar-refractivity contribution >= 4 is 29.0 Å². The summed E-state index contributed by atoms with van der Waals surface area (Å²) in [6.45, 7) is 3.96. The summed E-state index contributed by atoms with van der Waals surface area (Å²) in [4.78, 5) is 12.5. The number of nitrogens with one attached hydrogen (secondary N) is 1. The first-order valence-corrected chi connectivity index (χ1v) is 9.28. The summed E-state index contributed by atoms with van der Waals surface area (Å²) in [7, 11) is 0. The highest BCUT2D eigenvalue weighted by molar-refractivity contribution is 7.99. The molecule has 3 rings (SSSR count). The van der Waals surface area contributed by atoms with E-state index in [0.29, 0.717) is 11.1 Å². The summed E-state index contributed by atoms with van der Waals surface area (Å²) in [6.07, 6.45) is 0. The third-order valence-electron chi connectivity index (χ3n) is 3.51. The van der Waals surface area contributed by atoms with E-state index >= 15 is 0 Å².